The number of hydrogen-bond donors (Lipinski definition) is 0. The summed E-state index contributed by atoms with van der Waals surface area (Å²) >= 11 is 1.52. The van der Waals surface area contributed by atoms with E-state index in [0.717, 1.165) is 35.1 Å². The highest BCUT2D eigenvalue weighted by Gasteiger charge is 2.25. The molecule has 0 saturated heterocycles. The lowest BCUT2D eigenvalue weighted by Crippen LogP contribution is -2.17. The number of nitrogens with zero attached hydrogens (tertiary/aromatic N) is 1. The molecule has 0 spiro atoms. The number of carbonyl (C=O) groups is 1. The molecule has 136 valence electrons. The van der Waals surface area contributed by atoms with Gasteiger partial charge >= 0.3 is 0 Å². The number of benzene rings is 2. The molecule has 2 atom stereocenters. The van der Waals surface area contributed by atoms with Crippen LogP contribution in [0.25, 0.3) is 11.1 Å². The van der Waals surface area contributed by atoms with E-state index < -0.39 is 0 Å². The van der Waals surface area contributed by atoms with Crippen molar-refractivity contribution >= 4 is 23.8 Å². The Kier molecular flexibility index (Phi) is 6.09. The largest absolute Gasteiger partial charge is 0.392 e. The Balaban J connectivity index is 1.70. The second-order valence-corrected chi connectivity index (χ2v) is 7.44. The number of hydrogen-bond acceptors (Lipinski definition) is 4. The number of oxime groups is 1. The summed E-state index contributed by atoms with van der Waals surface area (Å²) in [5.74, 6) is -0.198. The van der Waals surface area contributed by atoms with Crippen LogP contribution < -0.4 is 0 Å². The number of aryl methyl sites for hydroxylation is 1. The smallest absolute Gasteiger partial charge is 0.134 e. The molecular weight excluding hydrogens is 349 g/mol. The number of halogens is 1. The number of aldehydes is 1. The zero-order chi connectivity index (χ0) is 18.5. The molecule has 5 heteroatoms. The van der Waals surface area contributed by atoms with Gasteiger partial charge in [0.25, 0.3) is 0 Å². The molecule has 0 saturated carbocycles. The summed E-state index contributed by atoms with van der Waals surface area (Å²) in [6, 6.07) is 13.1. The average Bonchev–Trinajstić information content (AvgIpc) is 3.14. The predicted octanol–water partition coefficient (Wildman–Crippen LogP) is 4.87. The van der Waals surface area contributed by atoms with Gasteiger partial charge in [-0.3, -0.25) is 0 Å². The van der Waals surface area contributed by atoms with E-state index in [-0.39, 0.29) is 17.2 Å². The maximum atomic E-state index is 14.3. The molecule has 26 heavy (non-hydrogen) atoms. The molecule has 0 N–H and O–H groups in total. The molecule has 0 fully saturated rings. The lowest BCUT2D eigenvalue weighted by molar-refractivity contribution is -0.108. The summed E-state index contributed by atoms with van der Waals surface area (Å²) < 4.78 is 14.3. The lowest BCUT2D eigenvalue weighted by Gasteiger charge is -2.11. The van der Waals surface area contributed by atoms with Crippen molar-refractivity contribution in [2.24, 2.45) is 5.16 Å². The summed E-state index contributed by atoms with van der Waals surface area (Å²) in [6.45, 7) is 2.01. The van der Waals surface area contributed by atoms with Crippen molar-refractivity contribution in [3.05, 3.63) is 59.4 Å². The highest BCUT2D eigenvalue weighted by Crippen LogP contribution is 2.27. The van der Waals surface area contributed by atoms with E-state index in [9.17, 15) is 9.18 Å². The van der Waals surface area contributed by atoms with Gasteiger partial charge in [0.15, 0.2) is 0 Å². The molecule has 0 bridgehead atoms. The van der Waals surface area contributed by atoms with Crippen molar-refractivity contribution < 1.29 is 14.0 Å². The maximum Gasteiger partial charge on any atom is 0.134 e. The van der Waals surface area contributed by atoms with E-state index >= 15 is 0 Å². The van der Waals surface area contributed by atoms with E-state index in [1.807, 2.05) is 49.6 Å². The van der Waals surface area contributed by atoms with Crippen LogP contribution >= 0.6 is 11.8 Å². The third kappa shape index (κ3) is 4.15. The standard InChI is InChI=1S/C21H22FNO2S/c1-3-14-4-9-19(20(22)10-14)15-5-7-16(8-6-15)21-12-17(25-23-21)11-18(13-24)26-2/h4-10,13,17-18H,3,11-12H2,1-2H3. The van der Waals surface area contributed by atoms with Gasteiger partial charge in [0.2, 0.25) is 0 Å². The van der Waals surface area contributed by atoms with E-state index in [0.29, 0.717) is 18.4 Å². The number of carbonyl (C=O) groups excluding carboxylic acids is 1. The summed E-state index contributed by atoms with van der Waals surface area (Å²) in [7, 11) is 0. The Morgan fingerprint density at radius 1 is 1.27 bits per heavy atom. The molecule has 0 amide bonds. The summed E-state index contributed by atoms with van der Waals surface area (Å²) in [6.07, 6.45) is 4.97. The third-order valence-electron chi connectivity index (χ3n) is 4.65. The van der Waals surface area contributed by atoms with Crippen LogP contribution in [0.4, 0.5) is 4.39 Å². The second kappa shape index (κ2) is 8.49. The van der Waals surface area contributed by atoms with Crippen molar-refractivity contribution in [3.63, 3.8) is 0 Å². The average molecular weight is 371 g/mol. The van der Waals surface area contributed by atoms with Gasteiger partial charge in [-0.2, -0.15) is 11.8 Å². The first-order chi connectivity index (χ1) is 12.6. The molecule has 0 aliphatic carbocycles. The Morgan fingerprint density at radius 3 is 2.62 bits per heavy atom. The molecular formula is C21H22FNO2S. The first-order valence-corrected chi connectivity index (χ1v) is 10.0. The molecule has 3 nitrogen and oxygen atoms in total. The van der Waals surface area contributed by atoms with Gasteiger partial charge in [-0.05, 0) is 35.4 Å². The Bertz CT molecular complexity index is 804. The molecule has 0 aromatic heterocycles. The van der Waals surface area contributed by atoms with Gasteiger partial charge in [-0.25, -0.2) is 4.39 Å². The van der Waals surface area contributed by atoms with Crippen molar-refractivity contribution in [2.45, 2.75) is 37.5 Å². The van der Waals surface area contributed by atoms with Crippen molar-refractivity contribution in [2.75, 3.05) is 6.26 Å². The summed E-state index contributed by atoms with van der Waals surface area (Å²) in [5, 5.41) is 4.11. The van der Waals surface area contributed by atoms with Crippen LogP contribution in [0, 0.1) is 5.82 Å². The molecule has 1 heterocycles. The lowest BCUT2D eigenvalue weighted by atomic mass is 9.98. The molecule has 2 aromatic rings. The van der Waals surface area contributed by atoms with Gasteiger partial charge in [0, 0.05) is 18.4 Å². The first-order valence-electron chi connectivity index (χ1n) is 8.74. The van der Waals surface area contributed by atoms with Crippen molar-refractivity contribution in [1.29, 1.82) is 0 Å². The topological polar surface area (TPSA) is 38.7 Å². The fraction of sp³-hybridized carbons (Fsp3) is 0.333. The second-order valence-electron chi connectivity index (χ2n) is 6.36. The first kappa shape index (κ1) is 18.6. The van der Waals surface area contributed by atoms with E-state index in [1.54, 1.807) is 6.07 Å². The van der Waals surface area contributed by atoms with Gasteiger partial charge < -0.3 is 9.63 Å². The Morgan fingerprint density at radius 2 is 2.00 bits per heavy atom. The zero-order valence-electron chi connectivity index (χ0n) is 14.9. The highest BCUT2D eigenvalue weighted by atomic mass is 32.2. The predicted molar refractivity (Wildman–Crippen MR) is 105 cm³/mol. The van der Waals surface area contributed by atoms with Crippen LogP contribution in [-0.4, -0.2) is 29.6 Å². The quantitative estimate of drug-likeness (QED) is 0.652. The summed E-state index contributed by atoms with van der Waals surface area (Å²) in [5.41, 5.74) is 4.27. The molecule has 2 unspecified atom stereocenters. The van der Waals surface area contributed by atoms with Gasteiger partial charge in [-0.15, -0.1) is 0 Å². The number of rotatable bonds is 7. The van der Waals surface area contributed by atoms with Gasteiger partial charge in [-0.1, -0.05) is 48.5 Å². The summed E-state index contributed by atoms with van der Waals surface area (Å²) in [4.78, 5) is 16.4. The molecule has 0 radical (unpaired) electrons. The van der Waals surface area contributed by atoms with Crippen LogP contribution in [0.1, 0.15) is 30.9 Å². The maximum absolute atomic E-state index is 14.3. The molecule has 1 aliphatic rings. The highest BCUT2D eigenvalue weighted by molar-refractivity contribution is 7.99. The van der Waals surface area contributed by atoms with Gasteiger partial charge in [0.05, 0.1) is 11.0 Å². The van der Waals surface area contributed by atoms with Crippen LogP contribution in [0.2, 0.25) is 0 Å². The Labute approximate surface area is 157 Å². The molecule has 1 aliphatic heterocycles. The van der Waals surface area contributed by atoms with Gasteiger partial charge in [0.1, 0.15) is 18.2 Å². The molecule has 3 rings (SSSR count). The fourth-order valence-electron chi connectivity index (χ4n) is 3.05. The minimum Gasteiger partial charge on any atom is -0.392 e. The van der Waals surface area contributed by atoms with E-state index in [4.69, 9.17) is 4.84 Å². The minimum absolute atomic E-state index is 0.0636. The van der Waals surface area contributed by atoms with Crippen LogP contribution in [0.5, 0.6) is 0 Å². The molecule has 2 aromatic carbocycles. The Hall–Kier alpha value is -2.14. The van der Waals surface area contributed by atoms with Crippen molar-refractivity contribution in [1.82, 2.24) is 0 Å². The van der Waals surface area contributed by atoms with Crippen LogP contribution in [0.3, 0.4) is 0 Å². The van der Waals surface area contributed by atoms with Crippen molar-refractivity contribution in [3.8, 4) is 11.1 Å². The van der Waals surface area contributed by atoms with Crippen LogP contribution in [0.15, 0.2) is 47.6 Å². The SMILES string of the molecule is CCc1ccc(-c2ccc(C3=NOC(CC(C=O)SC)C3)cc2)c(F)c1. The fourth-order valence-corrected chi connectivity index (χ4v) is 3.56. The third-order valence-corrected chi connectivity index (χ3v) is 5.56. The minimum atomic E-state index is -0.198. The zero-order valence-corrected chi connectivity index (χ0v) is 15.8. The number of thioether (sulfide) groups is 1. The van der Waals surface area contributed by atoms with E-state index in [1.165, 1.54) is 11.8 Å². The van der Waals surface area contributed by atoms with Crippen LogP contribution in [-0.2, 0) is 16.1 Å². The monoisotopic (exact) mass is 371 g/mol. The normalized spacial score (nSPS) is 17.5. The van der Waals surface area contributed by atoms with E-state index in [2.05, 4.69) is 5.16 Å².